The Morgan fingerprint density at radius 2 is 1.97 bits per heavy atom. The van der Waals surface area contributed by atoms with E-state index in [0.29, 0.717) is 27.4 Å². The topological polar surface area (TPSA) is 92.7 Å². The number of hydrogen-bond donors (Lipinski definition) is 2. The molecule has 0 saturated carbocycles. The number of nitrogens with zero attached hydrogens (tertiary/aromatic N) is 3. The van der Waals surface area contributed by atoms with Crippen LogP contribution in [0.15, 0.2) is 71.8 Å². The largest absolute Gasteiger partial charge is 0.338 e. The van der Waals surface area contributed by atoms with Crippen LogP contribution in [0.1, 0.15) is 5.56 Å². The minimum absolute atomic E-state index is 0.137. The summed E-state index contributed by atoms with van der Waals surface area (Å²) in [4.78, 5) is 37.5. The number of benzene rings is 3. The second-order valence-corrected chi connectivity index (χ2v) is 7.90. The van der Waals surface area contributed by atoms with Gasteiger partial charge in [-0.05, 0) is 48.9 Å². The highest BCUT2D eigenvalue weighted by atomic mass is 35.5. The van der Waals surface area contributed by atoms with Crippen LogP contribution in [-0.4, -0.2) is 25.4 Å². The standard InChI is InChI=1S/C24H18ClN5O2/c1-14-5-4-7-17-22(14)26-13-30(24(17)32)12-21(31)27-15-9-10-19-20(11-15)29-23(28-19)16-6-2-3-8-18(16)25/h2-11,13H,12H2,1H3,(H,27,31)(H,28,29). The molecule has 2 heterocycles. The van der Waals surface area contributed by atoms with Crippen LogP contribution in [0.4, 0.5) is 5.69 Å². The molecule has 2 N–H and O–H groups in total. The summed E-state index contributed by atoms with van der Waals surface area (Å²) in [7, 11) is 0. The molecule has 0 atom stereocenters. The Hall–Kier alpha value is -3.97. The first kappa shape index (κ1) is 20.0. The number of hydrogen-bond acceptors (Lipinski definition) is 4. The van der Waals surface area contributed by atoms with Crippen molar-refractivity contribution in [2.24, 2.45) is 0 Å². The maximum atomic E-state index is 12.7. The number of nitrogens with one attached hydrogen (secondary N) is 2. The van der Waals surface area contributed by atoms with Crippen LogP contribution < -0.4 is 10.9 Å². The van der Waals surface area contributed by atoms with E-state index in [9.17, 15) is 9.59 Å². The molecular weight excluding hydrogens is 426 g/mol. The summed E-state index contributed by atoms with van der Waals surface area (Å²) in [6, 6.07) is 18.2. The van der Waals surface area contributed by atoms with Gasteiger partial charge < -0.3 is 10.3 Å². The van der Waals surface area contributed by atoms with Crippen molar-refractivity contribution < 1.29 is 4.79 Å². The minimum Gasteiger partial charge on any atom is -0.338 e. The molecule has 0 spiro atoms. The van der Waals surface area contributed by atoms with Gasteiger partial charge in [0.1, 0.15) is 12.4 Å². The van der Waals surface area contributed by atoms with Gasteiger partial charge in [0.05, 0.1) is 33.3 Å². The molecule has 5 rings (SSSR count). The number of aryl methyl sites for hydroxylation is 1. The van der Waals surface area contributed by atoms with E-state index in [1.54, 1.807) is 24.3 Å². The third-order valence-corrected chi connectivity index (χ3v) is 5.59. The predicted octanol–water partition coefficient (Wildman–Crippen LogP) is 4.54. The first-order chi connectivity index (χ1) is 15.5. The van der Waals surface area contributed by atoms with Crippen LogP contribution >= 0.6 is 11.6 Å². The van der Waals surface area contributed by atoms with E-state index in [4.69, 9.17) is 11.6 Å². The van der Waals surface area contributed by atoms with Gasteiger partial charge in [0, 0.05) is 11.3 Å². The molecule has 8 heteroatoms. The zero-order valence-electron chi connectivity index (χ0n) is 17.1. The summed E-state index contributed by atoms with van der Waals surface area (Å²) in [5.41, 5.74) is 4.22. The Balaban J connectivity index is 1.38. The number of amides is 1. The third kappa shape index (κ3) is 3.63. The van der Waals surface area contributed by atoms with Crippen molar-refractivity contribution in [3.8, 4) is 11.4 Å². The number of carbonyl (C=O) groups is 1. The fraction of sp³-hybridized carbons (Fsp3) is 0.0833. The van der Waals surface area contributed by atoms with Gasteiger partial charge in [-0.15, -0.1) is 0 Å². The van der Waals surface area contributed by atoms with Gasteiger partial charge in [-0.1, -0.05) is 35.9 Å². The lowest BCUT2D eigenvalue weighted by Gasteiger charge is -2.09. The molecule has 0 bridgehead atoms. The number of aromatic nitrogens is 4. The highest BCUT2D eigenvalue weighted by Gasteiger charge is 2.12. The van der Waals surface area contributed by atoms with Crippen molar-refractivity contribution in [3.63, 3.8) is 0 Å². The molecule has 0 saturated heterocycles. The summed E-state index contributed by atoms with van der Waals surface area (Å²) in [6.45, 7) is 1.76. The fourth-order valence-corrected chi connectivity index (χ4v) is 3.90. The van der Waals surface area contributed by atoms with Gasteiger partial charge in [0.15, 0.2) is 0 Å². The normalized spacial score (nSPS) is 11.2. The van der Waals surface area contributed by atoms with Crippen LogP contribution in [0, 0.1) is 6.92 Å². The van der Waals surface area contributed by atoms with Crippen molar-refractivity contribution in [1.82, 2.24) is 19.5 Å². The van der Waals surface area contributed by atoms with Gasteiger partial charge in [-0.25, -0.2) is 9.97 Å². The Morgan fingerprint density at radius 3 is 2.81 bits per heavy atom. The van der Waals surface area contributed by atoms with E-state index in [2.05, 4.69) is 20.3 Å². The molecule has 0 aliphatic rings. The first-order valence-electron chi connectivity index (χ1n) is 9.99. The summed E-state index contributed by atoms with van der Waals surface area (Å²) >= 11 is 6.27. The summed E-state index contributed by atoms with van der Waals surface area (Å²) < 4.78 is 1.31. The molecule has 32 heavy (non-hydrogen) atoms. The highest BCUT2D eigenvalue weighted by Crippen LogP contribution is 2.28. The maximum Gasteiger partial charge on any atom is 0.261 e. The highest BCUT2D eigenvalue weighted by molar-refractivity contribution is 6.33. The third-order valence-electron chi connectivity index (χ3n) is 5.26. The van der Waals surface area contributed by atoms with E-state index in [0.717, 1.165) is 22.2 Å². The van der Waals surface area contributed by atoms with Crippen LogP contribution in [0.5, 0.6) is 0 Å². The zero-order valence-corrected chi connectivity index (χ0v) is 17.8. The monoisotopic (exact) mass is 443 g/mol. The second kappa shape index (κ2) is 7.94. The molecule has 0 fully saturated rings. The molecule has 3 aromatic carbocycles. The average Bonchev–Trinajstić information content (AvgIpc) is 3.19. The van der Waals surface area contributed by atoms with Crippen molar-refractivity contribution in [2.75, 3.05) is 5.32 Å². The van der Waals surface area contributed by atoms with Crippen LogP contribution in [-0.2, 0) is 11.3 Å². The van der Waals surface area contributed by atoms with Crippen molar-refractivity contribution in [1.29, 1.82) is 0 Å². The quantitative estimate of drug-likeness (QED) is 0.426. The maximum absolute atomic E-state index is 12.7. The van der Waals surface area contributed by atoms with E-state index >= 15 is 0 Å². The van der Waals surface area contributed by atoms with E-state index in [-0.39, 0.29) is 18.0 Å². The number of anilines is 1. The average molecular weight is 444 g/mol. The fourth-order valence-electron chi connectivity index (χ4n) is 3.67. The number of para-hydroxylation sites is 1. The molecule has 158 valence electrons. The second-order valence-electron chi connectivity index (χ2n) is 7.49. The number of imidazole rings is 1. The van der Waals surface area contributed by atoms with Gasteiger partial charge >= 0.3 is 0 Å². The molecule has 5 aromatic rings. The Bertz CT molecular complexity index is 1550. The van der Waals surface area contributed by atoms with Crippen LogP contribution in [0.25, 0.3) is 33.3 Å². The number of H-pyrrole nitrogens is 1. The summed E-state index contributed by atoms with van der Waals surface area (Å²) in [5, 5.41) is 3.92. The van der Waals surface area contributed by atoms with Crippen LogP contribution in [0.2, 0.25) is 5.02 Å². The smallest absolute Gasteiger partial charge is 0.261 e. The summed E-state index contributed by atoms with van der Waals surface area (Å²) in [6.07, 6.45) is 1.41. The number of rotatable bonds is 4. The lowest BCUT2D eigenvalue weighted by molar-refractivity contribution is -0.116. The Labute approximate surface area is 187 Å². The lowest BCUT2D eigenvalue weighted by atomic mass is 10.1. The SMILES string of the molecule is Cc1cccc2c(=O)n(CC(=O)Nc3ccc4nc(-c5ccccc5Cl)[nH]c4c3)cnc12. The van der Waals surface area contributed by atoms with Gasteiger partial charge in [-0.2, -0.15) is 0 Å². The van der Waals surface area contributed by atoms with Gasteiger partial charge in [0.2, 0.25) is 5.91 Å². The van der Waals surface area contributed by atoms with Crippen LogP contribution in [0.3, 0.4) is 0 Å². The van der Waals surface area contributed by atoms with Crippen molar-refractivity contribution in [3.05, 3.63) is 87.9 Å². The first-order valence-corrected chi connectivity index (χ1v) is 10.4. The molecular formula is C24H18ClN5O2. The predicted molar refractivity (Wildman–Crippen MR) is 126 cm³/mol. The number of aromatic amines is 1. The molecule has 7 nitrogen and oxygen atoms in total. The van der Waals surface area contributed by atoms with E-state index in [1.165, 1.54) is 10.9 Å². The van der Waals surface area contributed by atoms with Crippen molar-refractivity contribution >= 4 is 45.1 Å². The number of carbonyl (C=O) groups excluding carboxylic acids is 1. The number of fused-ring (bicyclic) bond motifs is 2. The lowest BCUT2D eigenvalue weighted by Crippen LogP contribution is -2.28. The van der Waals surface area contributed by atoms with E-state index in [1.807, 2.05) is 43.3 Å². The molecule has 0 aliphatic heterocycles. The van der Waals surface area contributed by atoms with Gasteiger partial charge in [-0.3, -0.25) is 14.2 Å². The molecule has 2 aromatic heterocycles. The zero-order chi connectivity index (χ0) is 22.2. The Morgan fingerprint density at radius 1 is 1.12 bits per heavy atom. The van der Waals surface area contributed by atoms with Crippen molar-refractivity contribution in [2.45, 2.75) is 13.5 Å². The summed E-state index contributed by atoms with van der Waals surface area (Å²) in [5.74, 6) is 0.323. The minimum atomic E-state index is -0.328. The molecule has 0 aliphatic carbocycles. The van der Waals surface area contributed by atoms with E-state index < -0.39 is 0 Å². The Kier molecular flexibility index (Phi) is 4.95. The molecule has 0 unspecified atom stereocenters. The number of halogens is 1. The molecule has 0 radical (unpaired) electrons. The van der Waals surface area contributed by atoms with Gasteiger partial charge in [0.25, 0.3) is 5.56 Å². The molecule has 1 amide bonds.